The van der Waals surface area contributed by atoms with Crippen molar-refractivity contribution in [3.8, 4) is 5.75 Å². The van der Waals surface area contributed by atoms with Crippen molar-refractivity contribution in [1.29, 1.82) is 0 Å². The fourth-order valence-electron chi connectivity index (χ4n) is 6.22. The second kappa shape index (κ2) is 8.11. The molecule has 0 saturated carbocycles. The number of aromatic nitrogens is 2. The summed E-state index contributed by atoms with van der Waals surface area (Å²) in [5.74, 6) is 2.55. The number of aryl methyl sites for hydroxylation is 1. The maximum atomic E-state index is 5.49. The molecule has 0 radical (unpaired) electrons. The van der Waals surface area contributed by atoms with Crippen LogP contribution < -0.4 is 4.74 Å². The van der Waals surface area contributed by atoms with Gasteiger partial charge in [0.15, 0.2) is 0 Å². The van der Waals surface area contributed by atoms with Gasteiger partial charge >= 0.3 is 0 Å². The lowest BCUT2D eigenvalue weighted by atomic mass is 9.71. The molecule has 0 spiro atoms. The lowest BCUT2D eigenvalue weighted by molar-refractivity contribution is -0.0732. The van der Waals surface area contributed by atoms with E-state index in [1.807, 2.05) is 12.5 Å². The summed E-state index contributed by atoms with van der Waals surface area (Å²) in [4.78, 5) is 9.94. The molecule has 3 fully saturated rings. The number of benzene rings is 1. The van der Waals surface area contributed by atoms with Crippen molar-refractivity contribution < 1.29 is 4.74 Å². The van der Waals surface area contributed by atoms with E-state index < -0.39 is 0 Å². The average molecular weight is 395 g/mol. The molecule has 1 aromatic heterocycles. The van der Waals surface area contributed by atoms with Gasteiger partial charge in [-0.05, 0) is 61.8 Å². The number of imidazole rings is 1. The Morgan fingerprint density at radius 2 is 2.07 bits per heavy atom. The highest BCUT2D eigenvalue weighted by Gasteiger charge is 2.46. The largest absolute Gasteiger partial charge is 0.497 e. The van der Waals surface area contributed by atoms with Crippen LogP contribution in [0.25, 0.3) is 0 Å². The van der Waals surface area contributed by atoms with Gasteiger partial charge in [0.2, 0.25) is 0 Å². The lowest BCUT2D eigenvalue weighted by Gasteiger charge is -2.57. The number of nitrogens with zero attached hydrogens (tertiary/aromatic N) is 4. The van der Waals surface area contributed by atoms with Crippen molar-refractivity contribution in [2.45, 2.75) is 50.7 Å². The SMILES string of the molecule is COc1cccc(C[C@H]2[C@H]3C[C@H](CN(Cc4cncn4C)C3)[C@@H]3CCCCN32)c1. The minimum atomic E-state index is 0.651. The molecular weight excluding hydrogens is 360 g/mol. The summed E-state index contributed by atoms with van der Waals surface area (Å²) >= 11 is 0. The van der Waals surface area contributed by atoms with E-state index in [9.17, 15) is 0 Å². The first kappa shape index (κ1) is 19.1. The summed E-state index contributed by atoms with van der Waals surface area (Å²) in [6, 6.07) is 10.1. The van der Waals surface area contributed by atoms with Gasteiger partial charge in [-0.1, -0.05) is 18.6 Å². The van der Waals surface area contributed by atoms with Crippen molar-refractivity contribution in [2.75, 3.05) is 26.7 Å². The van der Waals surface area contributed by atoms with E-state index >= 15 is 0 Å². The van der Waals surface area contributed by atoms with Crippen LogP contribution in [-0.2, 0) is 20.0 Å². The Bertz CT molecular complexity index is 834. The fraction of sp³-hybridized carbons (Fsp3) is 0.625. The van der Waals surface area contributed by atoms with Crippen LogP contribution in [0.2, 0.25) is 0 Å². The number of piperidine rings is 3. The van der Waals surface area contributed by atoms with E-state index in [2.05, 4.69) is 50.7 Å². The summed E-state index contributed by atoms with van der Waals surface area (Å²) in [7, 11) is 3.88. The smallest absolute Gasteiger partial charge is 0.119 e. The van der Waals surface area contributed by atoms with Crippen LogP contribution in [-0.4, -0.2) is 58.2 Å². The molecule has 5 nitrogen and oxygen atoms in total. The van der Waals surface area contributed by atoms with Crippen LogP contribution in [0.1, 0.15) is 36.9 Å². The molecule has 5 heteroatoms. The first-order chi connectivity index (χ1) is 14.2. The minimum Gasteiger partial charge on any atom is -0.497 e. The molecule has 3 saturated heterocycles. The van der Waals surface area contributed by atoms with Gasteiger partial charge < -0.3 is 9.30 Å². The normalized spacial score (nSPS) is 30.1. The van der Waals surface area contributed by atoms with Crippen molar-refractivity contribution >= 4 is 0 Å². The van der Waals surface area contributed by atoms with Crippen molar-refractivity contribution in [2.24, 2.45) is 18.9 Å². The Hall–Kier alpha value is -1.85. The van der Waals surface area contributed by atoms with E-state index in [1.54, 1.807) is 7.11 Å². The molecule has 4 atom stereocenters. The zero-order valence-electron chi connectivity index (χ0n) is 17.8. The van der Waals surface area contributed by atoms with Gasteiger partial charge in [0.05, 0.1) is 19.1 Å². The average Bonchev–Trinajstić information content (AvgIpc) is 3.15. The third kappa shape index (κ3) is 3.82. The van der Waals surface area contributed by atoms with Gasteiger partial charge in [-0.25, -0.2) is 4.98 Å². The van der Waals surface area contributed by atoms with E-state index in [0.29, 0.717) is 6.04 Å². The number of rotatable bonds is 5. The molecule has 0 aliphatic carbocycles. The number of methoxy groups -OCH3 is 1. The molecule has 3 aliphatic heterocycles. The maximum absolute atomic E-state index is 5.49. The molecule has 5 rings (SSSR count). The first-order valence-corrected chi connectivity index (χ1v) is 11.3. The van der Waals surface area contributed by atoms with Gasteiger partial charge in [-0.2, -0.15) is 0 Å². The third-order valence-electron chi connectivity index (χ3n) is 7.58. The summed E-state index contributed by atoms with van der Waals surface area (Å²) in [6.45, 7) is 4.77. The number of likely N-dealkylation sites (tertiary alicyclic amines) is 1. The molecule has 29 heavy (non-hydrogen) atoms. The Kier molecular flexibility index (Phi) is 5.35. The molecule has 4 heterocycles. The number of hydrogen-bond donors (Lipinski definition) is 0. The van der Waals surface area contributed by atoms with Crippen LogP contribution in [0, 0.1) is 11.8 Å². The number of fused-ring (bicyclic) bond motifs is 4. The number of hydrogen-bond acceptors (Lipinski definition) is 4. The zero-order valence-corrected chi connectivity index (χ0v) is 17.8. The van der Waals surface area contributed by atoms with Crippen LogP contribution in [0.3, 0.4) is 0 Å². The topological polar surface area (TPSA) is 33.5 Å². The highest BCUT2D eigenvalue weighted by Crippen LogP contribution is 2.42. The molecule has 0 amide bonds. The van der Waals surface area contributed by atoms with Crippen molar-refractivity contribution in [1.82, 2.24) is 19.4 Å². The molecule has 0 unspecified atom stereocenters. The Balaban J connectivity index is 1.38. The Morgan fingerprint density at radius 3 is 2.90 bits per heavy atom. The van der Waals surface area contributed by atoms with E-state index in [-0.39, 0.29) is 0 Å². The quantitative estimate of drug-likeness (QED) is 0.779. The van der Waals surface area contributed by atoms with Crippen LogP contribution in [0.5, 0.6) is 5.75 Å². The number of ether oxygens (including phenoxy) is 1. The summed E-state index contributed by atoms with van der Waals surface area (Å²) < 4.78 is 7.66. The van der Waals surface area contributed by atoms with Crippen LogP contribution in [0.4, 0.5) is 0 Å². The lowest BCUT2D eigenvalue weighted by Crippen LogP contribution is -2.63. The van der Waals surface area contributed by atoms with Crippen LogP contribution >= 0.6 is 0 Å². The molecule has 2 bridgehead atoms. The first-order valence-electron chi connectivity index (χ1n) is 11.3. The molecular formula is C24H34N4O. The van der Waals surface area contributed by atoms with Gasteiger partial charge in [0.1, 0.15) is 5.75 Å². The molecule has 3 aliphatic rings. The monoisotopic (exact) mass is 394 g/mol. The highest BCUT2D eigenvalue weighted by atomic mass is 16.5. The maximum Gasteiger partial charge on any atom is 0.119 e. The summed E-state index contributed by atoms with van der Waals surface area (Å²) in [6.07, 6.45) is 10.6. The summed E-state index contributed by atoms with van der Waals surface area (Å²) in [5, 5.41) is 0. The predicted molar refractivity (Wildman–Crippen MR) is 115 cm³/mol. The van der Waals surface area contributed by atoms with Crippen LogP contribution in [0.15, 0.2) is 36.8 Å². The predicted octanol–water partition coefficient (Wildman–Crippen LogP) is 3.35. The van der Waals surface area contributed by atoms with E-state index in [0.717, 1.165) is 36.6 Å². The highest BCUT2D eigenvalue weighted by molar-refractivity contribution is 5.29. The minimum absolute atomic E-state index is 0.651. The Labute approximate surface area is 174 Å². The standard InChI is InChI=1S/C24H34N4O/c1-26-17-25-13-21(26)16-27-14-19-12-20(15-27)24(28-9-4-3-8-23(19)28)11-18-6-5-7-22(10-18)29-2/h5-7,10,13,17,19-20,23-24H,3-4,8-9,11-12,14-16H2,1-2H3/t19-,20+,23+,24+/m1/s1. The van der Waals surface area contributed by atoms with E-state index in [4.69, 9.17) is 4.74 Å². The zero-order chi connectivity index (χ0) is 19.8. The second-order valence-electron chi connectivity index (χ2n) is 9.37. The Morgan fingerprint density at radius 1 is 1.17 bits per heavy atom. The van der Waals surface area contributed by atoms with Gasteiger partial charge in [0.25, 0.3) is 0 Å². The van der Waals surface area contributed by atoms with Gasteiger partial charge in [-0.3, -0.25) is 9.80 Å². The third-order valence-corrected chi connectivity index (χ3v) is 7.58. The van der Waals surface area contributed by atoms with Gasteiger partial charge in [0, 0.05) is 45.0 Å². The molecule has 1 aromatic carbocycles. The molecule has 156 valence electrons. The molecule has 0 N–H and O–H groups in total. The molecule has 2 aromatic rings. The van der Waals surface area contributed by atoms with Gasteiger partial charge in [-0.15, -0.1) is 0 Å². The fourth-order valence-corrected chi connectivity index (χ4v) is 6.22. The summed E-state index contributed by atoms with van der Waals surface area (Å²) in [5.41, 5.74) is 2.75. The second-order valence-corrected chi connectivity index (χ2v) is 9.37. The van der Waals surface area contributed by atoms with E-state index in [1.165, 1.54) is 56.6 Å². The van der Waals surface area contributed by atoms with Crippen molar-refractivity contribution in [3.63, 3.8) is 0 Å². The van der Waals surface area contributed by atoms with Crippen molar-refractivity contribution in [3.05, 3.63) is 48.0 Å².